The summed E-state index contributed by atoms with van der Waals surface area (Å²) >= 11 is 0. The molecule has 0 saturated heterocycles. The highest BCUT2D eigenvalue weighted by atomic mass is 31.8. The van der Waals surface area contributed by atoms with Crippen molar-refractivity contribution in [2.45, 2.75) is 0 Å². The van der Waals surface area contributed by atoms with Crippen LogP contribution in [0.15, 0.2) is 0 Å². The molecule has 1 atom stereocenters. The van der Waals surface area contributed by atoms with Crippen LogP contribution in [0.1, 0.15) is 0 Å². The minimum absolute atomic E-state index is 1.81. The average Bonchev–Trinajstić information content (AvgIpc) is 1.43. The first-order chi connectivity index (χ1) is 5.41. The van der Waals surface area contributed by atoms with E-state index in [2.05, 4.69) is 8.62 Å². The summed E-state index contributed by atoms with van der Waals surface area (Å²) < 4.78 is 25.9. The Hall–Kier alpha value is 0.910. The fourth-order valence-corrected chi connectivity index (χ4v) is 3.59. The van der Waals surface area contributed by atoms with E-state index in [4.69, 9.17) is 0 Å². The van der Waals surface area contributed by atoms with Gasteiger partial charge in [-0.3, -0.25) is 8.88 Å². The fraction of sp³-hybridized carbons (Fsp3) is 0. The number of rotatable bonds is 4. The highest BCUT2D eigenvalue weighted by Crippen LogP contribution is 2.58. The van der Waals surface area contributed by atoms with E-state index in [1.165, 1.54) is 0 Å². The maximum absolute atomic E-state index is 10.3. The third-order valence-electron chi connectivity index (χ3n) is 0.407. The summed E-state index contributed by atoms with van der Waals surface area (Å²) in [6, 6.07) is 0. The van der Waals surface area contributed by atoms with Crippen LogP contribution in [0.3, 0.4) is 0 Å². The molecular formula is HO9P4-5. The van der Waals surface area contributed by atoms with Gasteiger partial charge in [-0.15, -0.1) is 15.8 Å². The Labute approximate surface area is 74.4 Å². The van der Waals surface area contributed by atoms with Crippen molar-refractivity contribution in [2.75, 3.05) is 0 Å². The summed E-state index contributed by atoms with van der Waals surface area (Å²) in [6.07, 6.45) is 0. The largest absolute Gasteiger partial charge is 0.817 e. The SMILES string of the molecule is O=P([O-])([O-])OP(=O)([O-])OP([O-])([O-])=P. The molecule has 0 aromatic heterocycles. The Morgan fingerprint density at radius 2 is 1.31 bits per heavy atom. The van der Waals surface area contributed by atoms with Gasteiger partial charge in [0, 0.05) is 0 Å². The molecule has 1 unspecified atom stereocenters. The molecule has 0 fully saturated rings. The van der Waals surface area contributed by atoms with E-state index < -0.39 is 22.9 Å². The molecule has 0 radical (unpaired) electrons. The summed E-state index contributed by atoms with van der Waals surface area (Å²) in [5.74, 6) is 0. The third-order valence-corrected chi connectivity index (χ3v) is 4.40. The number of phosphoric acid groups is 2. The van der Waals surface area contributed by atoms with Gasteiger partial charge in [-0.25, -0.2) is 0 Å². The minimum atomic E-state index is -5.86. The van der Waals surface area contributed by atoms with Crippen molar-refractivity contribution in [3.05, 3.63) is 0 Å². The Morgan fingerprint density at radius 3 is 1.54 bits per heavy atom. The van der Waals surface area contributed by atoms with Gasteiger partial charge in [0.25, 0.3) is 7.82 Å². The normalized spacial score (nSPS) is 18.2. The molecule has 0 spiro atoms. The quantitative estimate of drug-likeness (QED) is 0.478. The molecule has 0 aromatic carbocycles. The topological polar surface area (TPSA) is 168 Å². The lowest BCUT2D eigenvalue weighted by Crippen LogP contribution is -2.21. The molecule has 0 aromatic rings. The van der Waals surface area contributed by atoms with E-state index in [9.17, 15) is 33.6 Å². The van der Waals surface area contributed by atoms with Gasteiger partial charge in [0.15, 0.2) is 0 Å². The Bertz CT molecular complexity index is 274. The summed E-state index contributed by atoms with van der Waals surface area (Å²) in [5, 5.41) is 0. The summed E-state index contributed by atoms with van der Waals surface area (Å²) in [7, 11) is -14.7. The second kappa shape index (κ2) is 4.19. The van der Waals surface area contributed by atoms with Gasteiger partial charge in [0.05, 0.1) is 7.82 Å². The van der Waals surface area contributed by atoms with Crippen molar-refractivity contribution >= 4 is 31.4 Å². The predicted molar refractivity (Wildman–Crippen MR) is 32.6 cm³/mol. The monoisotopic (exact) mass is 269 g/mol. The van der Waals surface area contributed by atoms with Crippen LogP contribution in [-0.4, -0.2) is 0 Å². The van der Waals surface area contributed by atoms with Gasteiger partial charge in [-0.2, -0.15) is 0 Å². The highest BCUT2D eigenvalue weighted by Gasteiger charge is 2.11. The van der Waals surface area contributed by atoms with Crippen molar-refractivity contribution in [1.29, 1.82) is 0 Å². The maximum Gasteiger partial charge on any atom is 0.272 e. The molecule has 0 bridgehead atoms. The van der Waals surface area contributed by atoms with Crippen LogP contribution in [0.4, 0.5) is 0 Å². The van der Waals surface area contributed by atoms with Crippen molar-refractivity contribution in [1.82, 2.24) is 0 Å². The van der Waals surface area contributed by atoms with E-state index in [1.54, 1.807) is 8.53 Å². The van der Waals surface area contributed by atoms with Crippen LogP contribution in [-0.2, 0) is 17.8 Å². The zero-order chi connectivity index (χ0) is 10.9. The van der Waals surface area contributed by atoms with E-state index in [0.29, 0.717) is 0 Å². The molecule has 80 valence electrons. The van der Waals surface area contributed by atoms with Crippen LogP contribution in [0.25, 0.3) is 0 Å². The van der Waals surface area contributed by atoms with E-state index in [-0.39, 0.29) is 0 Å². The molecule has 0 aliphatic carbocycles. The highest BCUT2D eigenvalue weighted by molar-refractivity contribution is 7.89. The second-order valence-electron chi connectivity index (χ2n) is 1.56. The molecule has 0 saturated carbocycles. The van der Waals surface area contributed by atoms with Gasteiger partial charge >= 0.3 is 0 Å². The van der Waals surface area contributed by atoms with Crippen LogP contribution in [0.2, 0.25) is 0 Å². The lowest BCUT2D eigenvalue weighted by molar-refractivity contribution is -0.341. The smallest absolute Gasteiger partial charge is 0.272 e. The molecule has 9 nitrogen and oxygen atoms in total. The van der Waals surface area contributed by atoms with Crippen molar-refractivity contribution < 1.29 is 42.2 Å². The first kappa shape index (κ1) is 13.9. The summed E-state index contributed by atoms with van der Waals surface area (Å²) in [5.41, 5.74) is 0. The van der Waals surface area contributed by atoms with E-state index in [0.717, 1.165) is 0 Å². The van der Waals surface area contributed by atoms with Gasteiger partial charge < -0.3 is 33.3 Å². The third kappa shape index (κ3) is 9.22. The molecule has 0 N–H and O–H groups in total. The van der Waals surface area contributed by atoms with Crippen LogP contribution in [0.5, 0.6) is 0 Å². The Morgan fingerprint density at radius 1 is 0.923 bits per heavy atom. The maximum atomic E-state index is 10.3. The molecule has 0 aliphatic rings. The molecule has 0 aliphatic heterocycles. The summed E-state index contributed by atoms with van der Waals surface area (Å²) in [4.78, 5) is 49.9. The zero-order valence-corrected chi connectivity index (χ0v) is 9.20. The van der Waals surface area contributed by atoms with Gasteiger partial charge in [-0.05, 0) is 0 Å². The molecule has 13 heteroatoms. The number of hydrogen-bond donors (Lipinski definition) is 0. The standard InChI is InChI=1S/H4O9P4/c1-11(2,3)8-12(4,5)9-13(6,7)10/h10H,(H3-2,1,2,3,4,5,6,7)/q-2/p-3. The second-order valence-corrected chi connectivity index (χ2v) is 7.29. The number of hydrogen-bond acceptors (Lipinski definition) is 9. The molecule has 0 heterocycles. The lowest BCUT2D eigenvalue weighted by Gasteiger charge is -2.43. The van der Waals surface area contributed by atoms with Crippen molar-refractivity contribution in [2.24, 2.45) is 0 Å². The molecule has 13 heavy (non-hydrogen) atoms. The predicted octanol–water partition coefficient (Wildman–Crippen LogP) is -3.14. The molecule has 0 amide bonds. The van der Waals surface area contributed by atoms with E-state index in [1.807, 2.05) is 0 Å². The minimum Gasteiger partial charge on any atom is -0.817 e. The Kier molecular flexibility index (Phi) is 4.48. The molecule has 0 rings (SSSR count). The fourth-order valence-electron chi connectivity index (χ4n) is 0.269. The summed E-state index contributed by atoms with van der Waals surface area (Å²) in [6.45, 7) is 0. The van der Waals surface area contributed by atoms with Gasteiger partial charge in [0.2, 0.25) is 0 Å². The van der Waals surface area contributed by atoms with Crippen molar-refractivity contribution in [3.63, 3.8) is 0 Å². The lowest BCUT2D eigenvalue weighted by atomic mass is 15.7. The van der Waals surface area contributed by atoms with E-state index >= 15 is 0 Å². The van der Waals surface area contributed by atoms with Crippen LogP contribution < -0.4 is 24.5 Å². The molecular weight excluding hydrogens is 268 g/mol. The van der Waals surface area contributed by atoms with Crippen LogP contribution in [0, 0.1) is 0 Å². The van der Waals surface area contributed by atoms with Gasteiger partial charge in [0.1, 0.15) is 0 Å². The first-order valence-corrected chi connectivity index (χ1v) is 8.04. The first-order valence-electron chi connectivity index (χ1n) is 2.23. The average molecular weight is 269 g/mol. The Balaban J connectivity index is 4.54. The van der Waals surface area contributed by atoms with Crippen molar-refractivity contribution in [3.8, 4) is 0 Å². The zero-order valence-electron chi connectivity index (χ0n) is 5.52. The van der Waals surface area contributed by atoms with Crippen LogP contribution >= 0.6 is 31.4 Å². The van der Waals surface area contributed by atoms with Gasteiger partial charge in [-0.1, -0.05) is 0 Å².